The van der Waals surface area contributed by atoms with Crippen molar-refractivity contribution in [2.24, 2.45) is 0 Å². The Balaban J connectivity index is 1.78. The van der Waals surface area contributed by atoms with Gasteiger partial charge in [0.1, 0.15) is 5.75 Å². The Morgan fingerprint density at radius 2 is 1.91 bits per heavy atom. The Bertz CT molecular complexity index is 643. The molecule has 0 bridgehead atoms. The van der Waals surface area contributed by atoms with Crippen LogP contribution in [-0.2, 0) is 6.54 Å². The van der Waals surface area contributed by atoms with Crippen molar-refractivity contribution in [1.29, 1.82) is 0 Å². The molecular weight excluding hydrogens is 286 g/mol. The molecule has 23 heavy (non-hydrogen) atoms. The lowest BCUT2D eigenvalue weighted by Crippen LogP contribution is -2.21. The number of aryl methyl sites for hydroxylation is 1. The van der Waals surface area contributed by atoms with Crippen LogP contribution in [0.4, 0.5) is 0 Å². The van der Waals surface area contributed by atoms with Gasteiger partial charge in [-0.15, -0.1) is 12.3 Å². The summed E-state index contributed by atoms with van der Waals surface area (Å²) in [7, 11) is 0. The van der Waals surface area contributed by atoms with Crippen molar-refractivity contribution in [3.8, 4) is 18.1 Å². The second-order valence-corrected chi connectivity index (χ2v) is 5.45. The Morgan fingerprint density at radius 3 is 2.61 bits per heavy atom. The van der Waals surface area contributed by atoms with E-state index in [0.29, 0.717) is 26.1 Å². The number of hydrogen-bond acceptors (Lipinski definition) is 3. The number of ether oxygens (including phenoxy) is 1. The highest BCUT2D eigenvalue weighted by atomic mass is 16.5. The lowest BCUT2D eigenvalue weighted by atomic mass is 10.0. The highest BCUT2D eigenvalue weighted by Crippen LogP contribution is 2.17. The average molecular weight is 309 g/mol. The molecule has 0 fully saturated rings. The third kappa shape index (κ3) is 5.45. The number of nitrogens with one attached hydrogen (secondary N) is 1. The van der Waals surface area contributed by atoms with Crippen LogP contribution in [0.15, 0.2) is 48.5 Å². The molecule has 120 valence electrons. The fourth-order valence-electron chi connectivity index (χ4n) is 2.36. The third-order valence-corrected chi connectivity index (χ3v) is 3.65. The van der Waals surface area contributed by atoms with Crippen molar-refractivity contribution < 1.29 is 9.84 Å². The Labute approximate surface area is 138 Å². The summed E-state index contributed by atoms with van der Waals surface area (Å²) < 4.78 is 5.51. The zero-order valence-corrected chi connectivity index (χ0v) is 13.5. The normalized spacial score (nSPS) is 11.7. The maximum absolute atomic E-state index is 10.2. The zero-order valence-electron chi connectivity index (χ0n) is 13.5. The number of benzene rings is 2. The summed E-state index contributed by atoms with van der Waals surface area (Å²) in [5.41, 5.74) is 3.22. The molecule has 0 amide bonds. The molecule has 2 N–H and O–H groups in total. The van der Waals surface area contributed by atoms with E-state index >= 15 is 0 Å². The Kier molecular flexibility index (Phi) is 6.68. The van der Waals surface area contributed by atoms with Gasteiger partial charge in [0, 0.05) is 19.5 Å². The molecule has 0 aliphatic rings. The minimum Gasteiger partial charge on any atom is -0.493 e. The summed E-state index contributed by atoms with van der Waals surface area (Å²) in [6, 6.07) is 15.8. The Morgan fingerprint density at radius 1 is 1.17 bits per heavy atom. The van der Waals surface area contributed by atoms with Crippen molar-refractivity contribution >= 4 is 0 Å². The molecule has 0 spiro atoms. The molecule has 1 unspecified atom stereocenters. The largest absolute Gasteiger partial charge is 0.493 e. The number of rotatable bonds is 8. The van der Waals surface area contributed by atoms with Gasteiger partial charge in [-0.2, -0.15) is 0 Å². The van der Waals surface area contributed by atoms with Crippen molar-refractivity contribution in [1.82, 2.24) is 5.32 Å². The highest BCUT2D eigenvalue weighted by Gasteiger charge is 2.09. The Hall–Kier alpha value is -2.28. The van der Waals surface area contributed by atoms with Gasteiger partial charge in [-0.1, -0.05) is 36.4 Å². The summed E-state index contributed by atoms with van der Waals surface area (Å²) >= 11 is 0. The monoisotopic (exact) mass is 309 g/mol. The number of aliphatic hydroxyl groups is 1. The first-order valence-electron chi connectivity index (χ1n) is 7.80. The molecule has 2 rings (SSSR count). The van der Waals surface area contributed by atoms with Gasteiger partial charge in [0.25, 0.3) is 0 Å². The van der Waals surface area contributed by atoms with E-state index in [1.807, 2.05) is 55.5 Å². The van der Waals surface area contributed by atoms with Crippen LogP contribution in [-0.4, -0.2) is 18.3 Å². The van der Waals surface area contributed by atoms with E-state index in [1.165, 1.54) is 0 Å². The summed E-state index contributed by atoms with van der Waals surface area (Å²) in [6.07, 6.45) is 5.30. The van der Waals surface area contributed by atoms with E-state index in [2.05, 4.69) is 11.2 Å². The van der Waals surface area contributed by atoms with Crippen molar-refractivity contribution in [2.45, 2.75) is 26.0 Å². The molecule has 0 saturated carbocycles. The van der Waals surface area contributed by atoms with Gasteiger partial charge >= 0.3 is 0 Å². The minimum absolute atomic E-state index is 0.498. The standard InChI is InChI=1S/C20H23NO2/c1-3-4-13-23-18-11-9-17(10-12-18)14-21-15-20(22)19-8-6-5-7-16(19)2/h1,5-12,20-22H,4,13-15H2,2H3. The molecular formula is C20H23NO2. The summed E-state index contributed by atoms with van der Waals surface area (Å²) in [5, 5.41) is 13.5. The second-order valence-electron chi connectivity index (χ2n) is 5.45. The number of terminal acetylenes is 1. The first-order chi connectivity index (χ1) is 11.2. The molecule has 0 saturated heterocycles. The lowest BCUT2D eigenvalue weighted by molar-refractivity contribution is 0.173. The molecule has 0 heterocycles. The van der Waals surface area contributed by atoms with Gasteiger partial charge in [0.15, 0.2) is 0 Å². The van der Waals surface area contributed by atoms with Crippen LogP contribution in [0, 0.1) is 19.3 Å². The van der Waals surface area contributed by atoms with Gasteiger partial charge in [0.05, 0.1) is 12.7 Å². The molecule has 0 aliphatic carbocycles. The number of hydrogen-bond donors (Lipinski definition) is 2. The van der Waals surface area contributed by atoms with Gasteiger partial charge in [-0.3, -0.25) is 0 Å². The van der Waals surface area contributed by atoms with Crippen molar-refractivity contribution in [3.63, 3.8) is 0 Å². The molecule has 2 aromatic rings. The first-order valence-corrected chi connectivity index (χ1v) is 7.80. The molecule has 0 aliphatic heterocycles. The summed E-state index contributed by atoms with van der Waals surface area (Å²) in [5.74, 6) is 3.37. The number of aliphatic hydroxyl groups excluding tert-OH is 1. The molecule has 0 aromatic heterocycles. The smallest absolute Gasteiger partial charge is 0.119 e. The van der Waals surface area contributed by atoms with Crippen molar-refractivity contribution in [3.05, 3.63) is 65.2 Å². The molecule has 3 heteroatoms. The fourth-order valence-corrected chi connectivity index (χ4v) is 2.36. The van der Waals surface area contributed by atoms with Crippen LogP contribution in [0.3, 0.4) is 0 Å². The SMILES string of the molecule is C#CCCOc1ccc(CNCC(O)c2ccccc2C)cc1. The topological polar surface area (TPSA) is 41.5 Å². The van der Waals surface area contributed by atoms with E-state index in [0.717, 1.165) is 22.4 Å². The molecule has 2 aromatic carbocycles. The minimum atomic E-state index is -0.498. The van der Waals surface area contributed by atoms with Crippen LogP contribution in [0.1, 0.15) is 29.2 Å². The predicted octanol–water partition coefficient (Wildman–Crippen LogP) is 3.22. The maximum atomic E-state index is 10.2. The van der Waals surface area contributed by atoms with Crippen LogP contribution >= 0.6 is 0 Å². The van der Waals surface area contributed by atoms with Crippen LogP contribution < -0.4 is 10.1 Å². The highest BCUT2D eigenvalue weighted by molar-refractivity contribution is 5.28. The predicted molar refractivity (Wildman–Crippen MR) is 93.2 cm³/mol. The average Bonchev–Trinajstić information content (AvgIpc) is 2.57. The molecule has 1 atom stereocenters. The van der Waals surface area contributed by atoms with E-state index in [-0.39, 0.29) is 0 Å². The molecule has 0 radical (unpaired) electrons. The van der Waals surface area contributed by atoms with E-state index in [9.17, 15) is 5.11 Å². The summed E-state index contributed by atoms with van der Waals surface area (Å²) in [4.78, 5) is 0. The fraction of sp³-hybridized carbons (Fsp3) is 0.300. The van der Waals surface area contributed by atoms with E-state index in [1.54, 1.807) is 0 Å². The third-order valence-electron chi connectivity index (χ3n) is 3.65. The van der Waals surface area contributed by atoms with Gasteiger partial charge < -0.3 is 15.2 Å². The quantitative estimate of drug-likeness (QED) is 0.581. The van der Waals surface area contributed by atoms with Crippen LogP contribution in [0.5, 0.6) is 5.75 Å². The summed E-state index contributed by atoms with van der Waals surface area (Å²) in [6.45, 7) is 3.77. The second kappa shape index (κ2) is 8.99. The maximum Gasteiger partial charge on any atom is 0.119 e. The van der Waals surface area contributed by atoms with Gasteiger partial charge in [0.2, 0.25) is 0 Å². The van der Waals surface area contributed by atoms with Gasteiger partial charge in [-0.05, 0) is 35.7 Å². The van der Waals surface area contributed by atoms with Crippen molar-refractivity contribution in [2.75, 3.05) is 13.2 Å². The zero-order chi connectivity index (χ0) is 16.5. The molecule has 3 nitrogen and oxygen atoms in total. The van der Waals surface area contributed by atoms with Crippen LogP contribution in [0.25, 0.3) is 0 Å². The van der Waals surface area contributed by atoms with Crippen LogP contribution in [0.2, 0.25) is 0 Å². The van der Waals surface area contributed by atoms with Gasteiger partial charge in [-0.25, -0.2) is 0 Å². The van der Waals surface area contributed by atoms with E-state index in [4.69, 9.17) is 11.2 Å². The lowest BCUT2D eigenvalue weighted by Gasteiger charge is -2.14. The van der Waals surface area contributed by atoms with E-state index < -0.39 is 6.10 Å². The first kappa shape index (κ1) is 17.1.